The van der Waals surface area contributed by atoms with Crippen LogP contribution in [-0.2, 0) is 0 Å². The average Bonchev–Trinajstić information content (AvgIpc) is 2.97. The highest BCUT2D eigenvalue weighted by molar-refractivity contribution is 7.14. The van der Waals surface area contributed by atoms with E-state index in [1.807, 2.05) is 0 Å². The number of carboxylic acids is 1. The highest BCUT2D eigenvalue weighted by Gasteiger charge is 2.28. The lowest BCUT2D eigenvalue weighted by molar-refractivity contribution is 0.0698. The monoisotopic (exact) mass is 284 g/mol. The van der Waals surface area contributed by atoms with Gasteiger partial charge >= 0.3 is 12.0 Å². The number of aliphatic hydroxyl groups is 1. The topological polar surface area (TPSA) is 98.7 Å². The average molecular weight is 284 g/mol. The van der Waals surface area contributed by atoms with E-state index in [9.17, 15) is 14.7 Å². The summed E-state index contributed by atoms with van der Waals surface area (Å²) in [4.78, 5) is 22.7. The molecule has 1 aliphatic rings. The molecule has 104 valence electrons. The van der Waals surface area contributed by atoms with Crippen LogP contribution in [0, 0.1) is 5.92 Å². The van der Waals surface area contributed by atoms with Crippen LogP contribution in [-0.4, -0.2) is 34.9 Å². The molecule has 0 radical (unpaired) electrons. The number of carbonyl (C=O) groups is 2. The van der Waals surface area contributed by atoms with Crippen LogP contribution in [0.25, 0.3) is 0 Å². The first-order valence-electron chi connectivity index (χ1n) is 6.11. The minimum absolute atomic E-state index is 0.0433. The normalized spacial score (nSPS) is 22.2. The Morgan fingerprint density at radius 1 is 1.42 bits per heavy atom. The number of anilines is 1. The van der Waals surface area contributed by atoms with Crippen LogP contribution in [0.5, 0.6) is 0 Å². The smallest absolute Gasteiger partial charge is 0.338 e. The fourth-order valence-electron chi connectivity index (χ4n) is 2.33. The number of urea groups is 1. The largest absolute Gasteiger partial charge is 0.478 e. The molecular formula is C12H16N2O4S. The number of rotatable bonds is 4. The second kappa shape index (κ2) is 6.03. The Hall–Kier alpha value is -1.60. The number of aliphatic hydroxyl groups excluding tert-OH is 1. The van der Waals surface area contributed by atoms with E-state index in [0.717, 1.165) is 19.3 Å². The lowest BCUT2D eigenvalue weighted by atomic mass is 10.1. The van der Waals surface area contributed by atoms with Crippen molar-refractivity contribution in [1.82, 2.24) is 5.32 Å². The molecule has 0 aromatic carbocycles. The Morgan fingerprint density at radius 3 is 2.89 bits per heavy atom. The van der Waals surface area contributed by atoms with E-state index in [1.165, 1.54) is 17.4 Å². The predicted molar refractivity (Wildman–Crippen MR) is 71.6 cm³/mol. The summed E-state index contributed by atoms with van der Waals surface area (Å²) in [5.74, 6) is -0.973. The molecular weight excluding hydrogens is 268 g/mol. The molecule has 0 saturated heterocycles. The zero-order valence-corrected chi connectivity index (χ0v) is 11.1. The molecule has 2 rings (SSSR count). The van der Waals surface area contributed by atoms with Crippen molar-refractivity contribution in [2.75, 3.05) is 11.9 Å². The van der Waals surface area contributed by atoms with Gasteiger partial charge < -0.3 is 15.5 Å². The Balaban J connectivity index is 1.94. The number of hydrogen-bond acceptors (Lipinski definition) is 4. The maximum atomic E-state index is 11.8. The van der Waals surface area contributed by atoms with Crippen molar-refractivity contribution in [3.05, 3.63) is 17.0 Å². The molecule has 1 aliphatic carbocycles. The molecule has 7 heteroatoms. The Labute approximate surface area is 114 Å². The van der Waals surface area contributed by atoms with Crippen molar-refractivity contribution in [2.45, 2.75) is 25.3 Å². The summed E-state index contributed by atoms with van der Waals surface area (Å²) in [6.45, 7) is 0.0598. The fraction of sp³-hybridized carbons (Fsp3) is 0.500. The van der Waals surface area contributed by atoms with Crippen molar-refractivity contribution in [2.24, 2.45) is 5.92 Å². The van der Waals surface area contributed by atoms with E-state index in [-0.39, 0.29) is 24.1 Å². The van der Waals surface area contributed by atoms with Crippen LogP contribution < -0.4 is 10.6 Å². The number of thiophene rings is 1. The SMILES string of the molecule is O=C(Nc1sccc1C(=O)O)NC1CCCC1CO. The molecule has 1 aromatic rings. The summed E-state index contributed by atoms with van der Waals surface area (Å²) in [6, 6.07) is 0.989. The van der Waals surface area contributed by atoms with Gasteiger partial charge in [-0.3, -0.25) is 5.32 Å². The van der Waals surface area contributed by atoms with E-state index in [0.29, 0.717) is 5.00 Å². The van der Waals surface area contributed by atoms with Crippen LogP contribution >= 0.6 is 11.3 Å². The quantitative estimate of drug-likeness (QED) is 0.676. The van der Waals surface area contributed by atoms with Gasteiger partial charge in [-0.05, 0) is 24.3 Å². The fourth-order valence-corrected chi connectivity index (χ4v) is 3.10. The van der Waals surface area contributed by atoms with E-state index in [2.05, 4.69) is 10.6 Å². The second-order valence-electron chi connectivity index (χ2n) is 4.55. The van der Waals surface area contributed by atoms with Crippen molar-refractivity contribution in [3.63, 3.8) is 0 Å². The van der Waals surface area contributed by atoms with E-state index >= 15 is 0 Å². The third kappa shape index (κ3) is 3.24. The second-order valence-corrected chi connectivity index (χ2v) is 5.46. The van der Waals surface area contributed by atoms with Crippen molar-refractivity contribution in [3.8, 4) is 0 Å². The van der Waals surface area contributed by atoms with Gasteiger partial charge in [0.05, 0.1) is 5.56 Å². The van der Waals surface area contributed by atoms with Gasteiger partial charge in [-0.2, -0.15) is 0 Å². The first-order valence-corrected chi connectivity index (χ1v) is 6.99. The third-order valence-corrected chi connectivity index (χ3v) is 4.16. The minimum atomic E-state index is -1.06. The highest BCUT2D eigenvalue weighted by atomic mass is 32.1. The van der Waals surface area contributed by atoms with Gasteiger partial charge in [0.1, 0.15) is 5.00 Å². The van der Waals surface area contributed by atoms with Crippen LogP contribution in [0.4, 0.5) is 9.80 Å². The molecule has 0 spiro atoms. The van der Waals surface area contributed by atoms with Crippen molar-refractivity contribution >= 4 is 28.3 Å². The summed E-state index contributed by atoms with van der Waals surface area (Å²) >= 11 is 1.17. The summed E-state index contributed by atoms with van der Waals surface area (Å²) in [6.07, 6.45) is 2.73. The summed E-state index contributed by atoms with van der Waals surface area (Å²) in [5.41, 5.74) is 0.0882. The molecule has 4 N–H and O–H groups in total. The molecule has 0 bridgehead atoms. The van der Waals surface area contributed by atoms with Crippen LogP contribution in [0.15, 0.2) is 11.4 Å². The number of aromatic carboxylic acids is 1. The van der Waals surface area contributed by atoms with Crippen LogP contribution in [0.2, 0.25) is 0 Å². The summed E-state index contributed by atoms with van der Waals surface area (Å²) < 4.78 is 0. The highest BCUT2D eigenvalue weighted by Crippen LogP contribution is 2.26. The minimum Gasteiger partial charge on any atom is -0.478 e. The molecule has 2 unspecified atom stereocenters. The first-order chi connectivity index (χ1) is 9.11. The molecule has 2 amide bonds. The van der Waals surface area contributed by atoms with Crippen molar-refractivity contribution in [1.29, 1.82) is 0 Å². The van der Waals surface area contributed by atoms with E-state index in [4.69, 9.17) is 5.11 Å². The number of nitrogens with one attached hydrogen (secondary N) is 2. The van der Waals surface area contributed by atoms with Gasteiger partial charge in [0.2, 0.25) is 0 Å². The van der Waals surface area contributed by atoms with Crippen molar-refractivity contribution < 1.29 is 19.8 Å². The molecule has 6 nitrogen and oxygen atoms in total. The summed E-state index contributed by atoms with van der Waals surface area (Å²) in [5, 5.41) is 25.4. The molecule has 19 heavy (non-hydrogen) atoms. The Kier molecular flexibility index (Phi) is 4.39. The molecule has 0 aliphatic heterocycles. The lowest BCUT2D eigenvalue weighted by Gasteiger charge is -2.19. The van der Waals surface area contributed by atoms with Gasteiger partial charge in [-0.1, -0.05) is 6.42 Å². The maximum absolute atomic E-state index is 11.8. The van der Waals surface area contributed by atoms with Gasteiger partial charge in [-0.25, -0.2) is 9.59 Å². The van der Waals surface area contributed by atoms with Crippen LogP contribution in [0.1, 0.15) is 29.6 Å². The predicted octanol–water partition coefficient (Wildman–Crippen LogP) is 1.73. The molecule has 1 fully saturated rings. The van der Waals surface area contributed by atoms with E-state index < -0.39 is 12.0 Å². The van der Waals surface area contributed by atoms with Gasteiger partial charge in [-0.15, -0.1) is 11.3 Å². The number of amides is 2. The molecule has 2 atom stereocenters. The standard InChI is InChI=1S/C12H16N2O4S/c15-6-7-2-1-3-9(7)13-12(18)14-10-8(11(16)17)4-5-19-10/h4-5,7,9,15H,1-3,6H2,(H,16,17)(H2,13,14,18). The van der Waals surface area contributed by atoms with Gasteiger partial charge in [0.15, 0.2) is 0 Å². The number of hydrogen-bond donors (Lipinski definition) is 4. The third-order valence-electron chi connectivity index (χ3n) is 3.33. The van der Waals surface area contributed by atoms with Gasteiger partial charge in [0, 0.05) is 18.6 Å². The van der Waals surface area contributed by atoms with Gasteiger partial charge in [0.25, 0.3) is 0 Å². The Bertz CT molecular complexity index is 474. The molecule has 1 heterocycles. The number of carbonyl (C=O) groups excluding carboxylic acids is 1. The maximum Gasteiger partial charge on any atom is 0.338 e. The van der Waals surface area contributed by atoms with E-state index in [1.54, 1.807) is 5.38 Å². The molecule has 1 aromatic heterocycles. The lowest BCUT2D eigenvalue weighted by Crippen LogP contribution is -2.41. The number of carboxylic acid groups (broad SMARTS) is 1. The van der Waals surface area contributed by atoms with Crippen LogP contribution in [0.3, 0.4) is 0 Å². The first kappa shape index (κ1) is 13.8. The molecule has 1 saturated carbocycles. The Morgan fingerprint density at radius 2 is 2.21 bits per heavy atom. The summed E-state index contributed by atoms with van der Waals surface area (Å²) in [7, 11) is 0. The zero-order chi connectivity index (χ0) is 13.8. The zero-order valence-electron chi connectivity index (χ0n) is 10.3.